The van der Waals surface area contributed by atoms with E-state index in [9.17, 15) is 19.5 Å². The molecular weight excluding hydrogens is 320 g/mol. The Morgan fingerprint density at radius 1 is 1.04 bits per heavy atom. The molecule has 0 aliphatic heterocycles. The Labute approximate surface area is 133 Å². The summed E-state index contributed by atoms with van der Waals surface area (Å²) in [6.07, 6.45) is 0. The van der Waals surface area contributed by atoms with Gasteiger partial charge in [-0.1, -0.05) is 0 Å². The molecule has 3 rings (SSSR count). The first-order valence-electron chi connectivity index (χ1n) is 6.57. The lowest BCUT2D eigenvalue weighted by molar-refractivity contribution is 0.0678. The van der Waals surface area contributed by atoms with Crippen molar-refractivity contribution in [2.45, 2.75) is 0 Å². The molecule has 24 heavy (non-hydrogen) atoms. The fourth-order valence-corrected chi connectivity index (χ4v) is 2.53. The summed E-state index contributed by atoms with van der Waals surface area (Å²) in [5.74, 6) is -3.84. The summed E-state index contributed by atoms with van der Waals surface area (Å²) in [4.78, 5) is 40.5. The molecule has 2 aromatic heterocycles. The maximum Gasteiger partial charge on any atom is 0.354 e. The van der Waals surface area contributed by atoms with Crippen LogP contribution in [-0.2, 0) is 0 Å². The molecule has 0 radical (unpaired) electrons. The lowest BCUT2D eigenvalue weighted by Gasteiger charge is -2.10. The molecule has 0 bridgehead atoms. The van der Waals surface area contributed by atoms with E-state index in [1.807, 2.05) is 0 Å². The Morgan fingerprint density at radius 3 is 2.29 bits per heavy atom. The number of carboxylic acids is 3. The first-order valence-corrected chi connectivity index (χ1v) is 6.57. The van der Waals surface area contributed by atoms with Crippen LogP contribution < -0.4 is 4.74 Å². The van der Waals surface area contributed by atoms with Gasteiger partial charge in [0.1, 0.15) is 22.7 Å². The number of ether oxygens (including phenoxy) is 1. The predicted molar refractivity (Wildman–Crippen MR) is 81.0 cm³/mol. The lowest BCUT2D eigenvalue weighted by atomic mass is 10.0. The third kappa shape index (κ3) is 2.19. The van der Waals surface area contributed by atoms with Crippen LogP contribution in [0.1, 0.15) is 31.3 Å². The first kappa shape index (κ1) is 15.3. The van der Waals surface area contributed by atoms with E-state index < -0.39 is 23.6 Å². The minimum atomic E-state index is -1.39. The zero-order valence-electron chi connectivity index (χ0n) is 12.2. The number of fused-ring (bicyclic) bond motifs is 3. The minimum Gasteiger partial charge on any atom is -0.494 e. The standard InChI is InChI=1S/C15H10N2O7/c1-24-9-3-5-2-7(14(20)21)16-11(5)10-6(13(18)19)4-8(15(22)23)17-12(9)10/h2-4,16H,1H3,(H,18,19)(H,20,21)(H,22,23). The zero-order valence-corrected chi connectivity index (χ0v) is 12.2. The highest BCUT2D eigenvalue weighted by Crippen LogP contribution is 2.35. The van der Waals surface area contributed by atoms with Crippen molar-refractivity contribution >= 4 is 39.7 Å². The molecule has 0 unspecified atom stereocenters. The quantitative estimate of drug-likeness (QED) is 0.565. The van der Waals surface area contributed by atoms with Crippen molar-refractivity contribution in [1.82, 2.24) is 9.97 Å². The summed E-state index contributed by atoms with van der Waals surface area (Å²) in [6, 6.07) is 3.72. The van der Waals surface area contributed by atoms with Crippen LogP contribution in [0.25, 0.3) is 21.8 Å². The number of benzene rings is 1. The highest BCUT2D eigenvalue weighted by molar-refractivity contribution is 6.17. The summed E-state index contributed by atoms with van der Waals surface area (Å²) in [5.41, 5.74) is -0.674. The van der Waals surface area contributed by atoms with Gasteiger partial charge in [-0.3, -0.25) is 0 Å². The van der Waals surface area contributed by atoms with E-state index in [2.05, 4.69) is 9.97 Å². The number of methoxy groups -OCH3 is 1. The van der Waals surface area contributed by atoms with Crippen molar-refractivity contribution in [2.75, 3.05) is 7.11 Å². The van der Waals surface area contributed by atoms with Crippen LogP contribution in [0.15, 0.2) is 18.2 Å². The molecule has 0 amide bonds. The van der Waals surface area contributed by atoms with Gasteiger partial charge in [-0.25, -0.2) is 19.4 Å². The number of pyridine rings is 1. The molecule has 122 valence electrons. The van der Waals surface area contributed by atoms with Crippen molar-refractivity contribution in [3.05, 3.63) is 35.2 Å². The molecule has 0 saturated carbocycles. The molecule has 4 N–H and O–H groups in total. The maximum atomic E-state index is 11.6. The second-order valence-corrected chi connectivity index (χ2v) is 4.92. The Balaban J connectivity index is 2.57. The minimum absolute atomic E-state index is 0.0149. The van der Waals surface area contributed by atoms with Gasteiger partial charge in [0, 0.05) is 10.8 Å². The van der Waals surface area contributed by atoms with Crippen LogP contribution in [0.5, 0.6) is 5.75 Å². The van der Waals surface area contributed by atoms with Gasteiger partial charge >= 0.3 is 17.9 Å². The van der Waals surface area contributed by atoms with Gasteiger partial charge in [0.05, 0.1) is 18.2 Å². The van der Waals surface area contributed by atoms with E-state index in [0.29, 0.717) is 5.39 Å². The van der Waals surface area contributed by atoms with Crippen molar-refractivity contribution in [1.29, 1.82) is 0 Å². The van der Waals surface area contributed by atoms with E-state index in [1.165, 1.54) is 19.2 Å². The highest BCUT2D eigenvalue weighted by atomic mass is 16.5. The van der Waals surface area contributed by atoms with Gasteiger partial charge < -0.3 is 25.0 Å². The summed E-state index contributed by atoms with van der Waals surface area (Å²) in [7, 11) is 1.32. The molecule has 9 heteroatoms. The van der Waals surface area contributed by atoms with Gasteiger partial charge in [0.2, 0.25) is 0 Å². The van der Waals surface area contributed by atoms with Crippen molar-refractivity contribution in [2.24, 2.45) is 0 Å². The molecule has 0 atom stereocenters. The molecule has 0 aliphatic rings. The zero-order chi connectivity index (χ0) is 17.6. The maximum absolute atomic E-state index is 11.6. The van der Waals surface area contributed by atoms with E-state index in [4.69, 9.17) is 14.9 Å². The molecule has 1 aromatic carbocycles. The van der Waals surface area contributed by atoms with Gasteiger partial charge in [0.25, 0.3) is 0 Å². The summed E-state index contributed by atoms with van der Waals surface area (Å²) < 4.78 is 5.17. The second kappa shape index (κ2) is 5.23. The number of carboxylic acid groups (broad SMARTS) is 3. The molecule has 2 heterocycles. The van der Waals surface area contributed by atoms with Gasteiger partial charge in [0.15, 0.2) is 0 Å². The SMILES string of the molecule is COc1cc2cc(C(=O)O)[nH]c2c2c(C(=O)O)cc(C(=O)O)nc12. The fourth-order valence-electron chi connectivity index (χ4n) is 2.53. The summed E-state index contributed by atoms with van der Waals surface area (Å²) in [6.45, 7) is 0. The molecule has 0 saturated heterocycles. The fraction of sp³-hybridized carbons (Fsp3) is 0.0667. The normalized spacial score (nSPS) is 10.9. The number of aromatic carboxylic acids is 3. The monoisotopic (exact) mass is 330 g/mol. The molecule has 3 aromatic rings. The second-order valence-electron chi connectivity index (χ2n) is 4.92. The Bertz CT molecular complexity index is 1040. The van der Waals surface area contributed by atoms with Crippen molar-refractivity contribution in [3.8, 4) is 5.75 Å². The predicted octanol–water partition coefficient (Wildman–Crippen LogP) is 1.82. The average molecular weight is 330 g/mol. The Morgan fingerprint density at radius 2 is 1.75 bits per heavy atom. The third-order valence-corrected chi connectivity index (χ3v) is 3.54. The molecule has 0 aliphatic carbocycles. The average Bonchev–Trinajstić information content (AvgIpc) is 2.96. The van der Waals surface area contributed by atoms with E-state index >= 15 is 0 Å². The number of nitrogens with one attached hydrogen (secondary N) is 1. The lowest BCUT2D eigenvalue weighted by Crippen LogP contribution is -2.07. The van der Waals surface area contributed by atoms with Gasteiger partial charge in [-0.2, -0.15) is 0 Å². The van der Waals surface area contributed by atoms with Gasteiger partial charge in [-0.05, 0) is 18.2 Å². The number of carbonyl (C=O) groups is 3. The molecule has 0 fully saturated rings. The number of rotatable bonds is 4. The topological polar surface area (TPSA) is 150 Å². The Hall–Kier alpha value is -3.62. The molecule has 9 nitrogen and oxygen atoms in total. The number of hydrogen-bond acceptors (Lipinski definition) is 5. The third-order valence-electron chi connectivity index (χ3n) is 3.54. The van der Waals surface area contributed by atoms with Crippen LogP contribution in [0.4, 0.5) is 0 Å². The highest BCUT2D eigenvalue weighted by Gasteiger charge is 2.22. The number of H-pyrrole nitrogens is 1. The van der Waals surface area contributed by atoms with Gasteiger partial charge in [-0.15, -0.1) is 0 Å². The number of nitrogens with zero attached hydrogens (tertiary/aromatic N) is 1. The molecular formula is C15H10N2O7. The van der Waals surface area contributed by atoms with Crippen molar-refractivity contribution < 1.29 is 34.4 Å². The molecule has 0 spiro atoms. The van der Waals surface area contributed by atoms with Crippen LogP contribution in [0.3, 0.4) is 0 Å². The summed E-state index contributed by atoms with van der Waals surface area (Å²) in [5, 5.41) is 28.2. The number of hydrogen-bond donors (Lipinski definition) is 4. The smallest absolute Gasteiger partial charge is 0.354 e. The summed E-state index contributed by atoms with van der Waals surface area (Å²) >= 11 is 0. The Kier molecular flexibility index (Phi) is 3.33. The van der Waals surface area contributed by atoms with Crippen LogP contribution in [0, 0.1) is 0 Å². The van der Waals surface area contributed by atoms with Crippen LogP contribution >= 0.6 is 0 Å². The van der Waals surface area contributed by atoms with Crippen molar-refractivity contribution in [3.63, 3.8) is 0 Å². The van der Waals surface area contributed by atoms with Crippen LogP contribution in [-0.4, -0.2) is 50.3 Å². The van der Waals surface area contributed by atoms with E-state index in [0.717, 1.165) is 6.07 Å². The number of aromatic nitrogens is 2. The number of aromatic amines is 1. The largest absolute Gasteiger partial charge is 0.494 e. The van der Waals surface area contributed by atoms with Crippen LogP contribution in [0.2, 0.25) is 0 Å². The van der Waals surface area contributed by atoms with E-state index in [-0.39, 0.29) is 33.4 Å². The first-order chi connectivity index (χ1) is 11.3. The van der Waals surface area contributed by atoms with E-state index in [1.54, 1.807) is 0 Å².